The van der Waals surface area contributed by atoms with E-state index < -0.39 is 6.10 Å². The van der Waals surface area contributed by atoms with E-state index in [-0.39, 0.29) is 18.1 Å². The number of H-pyrrole nitrogens is 2. The van der Waals surface area contributed by atoms with Gasteiger partial charge >= 0.3 is 0 Å². The fourth-order valence-electron chi connectivity index (χ4n) is 2.79. The average molecular weight is 265 g/mol. The molecule has 19 heavy (non-hydrogen) atoms. The number of aromatic amines is 2. The lowest BCUT2D eigenvalue weighted by molar-refractivity contribution is -0.904. The molecule has 3 rings (SSSR count). The SMILES string of the molecule is O=c1[nH]cnc2c(C[NH+]3C[C@H](CO)[C@@H](O)C3)c[nH]c12. The fraction of sp³-hybridized carbons (Fsp3) is 0.500. The van der Waals surface area contributed by atoms with Crippen molar-refractivity contribution in [1.82, 2.24) is 15.0 Å². The molecule has 7 nitrogen and oxygen atoms in total. The first-order chi connectivity index (χ1) is 9.19. The molecule has 1 unspecified atom stereocenters. The largest absolute Gasteiger partial charge is 0.396 e. The third-order valence-electron chi connectivity index (χ3n) is 3.82. The van der Waals surface area contributed by atoms with Crippen molar-refractivity contribution in [2.45, 2.75) is 12.6 Å². The molecule has 102 valence electrons. The van der Waals surface area contributed by atoms with Crippen LogP contribution in [0.1, 0.15) is 5.56 Å². The predicted molar refractivity (Wildman–Crippen MR) is 67.7 cm³/mol. The van der Waals surface area contributed by atoms with E-state index in [1.807, 2.05) is 0 Å². The second kappa shape index (κ2) is 4.76. The molecule has 5 N–H and O–H groups in total. The summed E-state index contributed by atoms with van der Waals surface area (Å²) in [4.78, 5) is 22.4. The summed E-state index contributed by atoms with van der Waals surface area (Å²) in [6.07, 6.45) is 2.73. The van der Waals surface area contributed by atoms with E-state index in [1.54, 1.807) is 6.20 Å². The molecule has 0 saturated carbocycles. The lowest BCUT2D eigenvalue weighted by Crippen LogP contribution is -3.09. The normalized spacial score (nSPS) is 27.2. The number of fused-ring (bicyclic) bond motifs is 1. The molecule has 0 aromatic carbocycles. The Morgan fingerprint density at radius 2 is 2.26 bits per heavy atom. The highest BCUT2D eigenvalue weighted by Crippen LogP contribution is 2.11. The highest BCUT2D eigenvalue weighted by Gasteiger charge is 2.34. The molecule has 0 aliphatic carbocycles. The Bertz CT molecular complexity index is 635. The molecule has 1 aliphatic heterocycles. The number of quaternary nitrogens is 1. The first-order valence-corrected chi connectivity index (χ1v) is 6.35. The molecule has 1 fully saturated rings. The van der Waals surface area contributed by atoms with Crippen LogP contribution in [0.25, 0.3) is 11.0 Å². The van der Waals surface area contributed by atoms with E-state index in [0.29, 0.717) is 24.1 Å². The first-order valence-electron chi connectivity index (χ1n) is 6.35. The molecule has 2 aromatic rings. The van der Waals surface area contributed by atoms with Crippen molar-refractivity contribution in [3.05, 3.63) is 28.4 Å². The van der Waals surface area contributed by atoms with E-state index in [1.165, 1.54) is 11.2 Å². The molecule has 0 spiro atoms. The maximum absolute atomic E-state index is 11.6. The second-order valence-electron chi connectivity index (χ2n) is 5.11. The summed E-state index contributed by atoms with van der Waals surface area (Å²) < 4.78 is 0. The van der Waals surface area contributed by atoms with Gasteiger partial charge in [-0.1, -0.05) is 0 Å². The number of rotatable bonds is 3. The average Bonchev–Trinajstić information content (AvgIpc) is 2.95. The van der Waals surface area contributed by atoms with Crippen molar-refractivity contribution < 1.29 is 15.1 Å². The quantitative estimate of drug-likeness (QED) is 0.427. The van der Waals surface area contributed by atoms with Gasteiger partial charge in [0.2, 0.25) is 0 Å². The molecule has 3 heterocycles. The number of aliphatic hydroxyl groups is 2. The summed E-state index contributed by atoms with van der Waals surface area (Å²) in [6.45, 7) is 2.04. The van der Waals surface area contributed by atoms with Crippen molar-refractivity contribution in [3.8, 4) is 0 Å². The predicted octanol–water partition coefficient (Wildman–Crippen LogP) is -2.38. The van der Waals surface area contributed by atoms with Gasteiger partial charge in [-0.05, 0) is 0 Å². The molecular formula is C12H17N4O3+. The topological polar surface area (TPSA) is 106 Å². The number of hydrogen-bond acceptors (Lipinski definition) is 4. The number of hydrogen-bond donors (Lipinski definition) is 5. The molecule has 0 amide bonds. The van der Waals surface area contributed by atoms with Gasteiger partial charge in [0.1, 0.15) is 30.2 Å². The van der Waals surface area contributed by atoms with Crippen LogP contribution in [0, 0.1) is 5.92 Å². The van der Waals surface area contributed by atoms with Crippen LogP contribution in [0.3, 0.4) is 0 Å². The molecule has 7 heteroatoms. The third-order valence-corrected chi connectivity index (χ3v) is 3.82. The van der Waals surface area contributed by atoms with Gasteiger partial charge in [-0.3, -0.25) is 4.79 Å². The van der Waals surface area contributed by atoms with Crippen molar-refractivity contribution in [1.29, 1.82) is 0 Å². The van der Waals surface area contributed by atoms with Gasteiger partial charge in [-0.15, -0.1) is 0 Å². The minimum absolute atomic E-state index is 0.0104. The van der Waals surface area contributed by atoms with Crippen LogP contribution >= 0.6 is 0 Å². The summed E-state index contributed by atoms with van der Waals surface area (Å²) >= 11 is 0. The molecule has 2 aromatic heterocycles. The van der Waals surface area contributed by atoms with Crippen molar-refractivity contribution in [2.75, 3.05) is 19.7 Å². The van der Waals surface area contributed by atoms with E-state index in [9.17, 15) is 9.90 Å². The lowest BCUT2D eigenvalue weighted by Gasteiger charge is -2.11. The Balaban J connectivity index is 1.83. The second-order valence-corrected chi connectivity index (χ2v) is 5.11. The Morgan fingerprint density at radius 3 is 3.00 bits per heavy atom. The summed E-state index contributed by atoms with van der Waals surface area (Å²) in [6, 6.07) is 0. The zero-order valence-corrected chi connectivity index (χ0v) is 10.4. The van der Waals surface area contributed by atoms with E-state index in [2.05, 4.69) is 15.0 Å². The van der Waals surface area contributed by atoms with Crippen molar-refractivity contribution in [2.24, 2.45) is 5.92 Å². The fourth-order valence-corrected chi connectivity index (χ4v) is 2.79. The van der Waals surface area contributed by atoms with E-state index in [4.69, 9.17) is 5.11 Å². The van der Waals surface area contributed by atoms with Gasteiger partial charge in [0.05, 0.1) is 31.0 Å². The zero-order chi connectivity index (χ0) is 13.4. The molecule has 1 saturated heterocycles. The highest BCUT2D eigenvalue weighted by molar-refractivity contribution is 5.77. The van der Waals surface area contributed by atoms with Crippen molar-refractivity contribution >= 4 is 11.0 Å². The van der Waals surface area contributed by atoms with Gasteiger partial charge in [0.25, 0.3) is 5.56 Å². The Labute approximate surface area is 108 Å². The Morgan fingerprint density at radius 1 is 1.42 bits per heavy atom. The van der Waals surface area contributed by atoms with E-state index in [0.717, 1.165) is 12.1 Å². The summed E-state index contributed by atoms with van der Waals surface area (Å²) in [5, 5.41) is 18.9. The third kappa shape index (κ3) is 2.16. The van der Waals surface area contributed by atoms with Crippen LogP contribution in [0.5, 0.6) is 0 Å². The minimum Gasteiger partial charge on any atom is -0.396 e. The summed E-state index contributed by atoms with van der Waals surface area (Å²) in [5.41, 5.74) is 1.94. The molecule has 1 aliphatic rings. The van der Waals surface area contributed by atoms with Gasteiger partial charge in [0.15, 0.2) is 0 Å². The van der Waals surface area contributed by atoms with Crippen LogP contribution < -0.4 is 10.5 Å². The molecule has 0 radical (unpaired) electrons. The van der Waals surface area contributed by atoms with Gasteiger partial charge in [0, 0.05) is 6.20 Å². The smallest absolute Gasteiger partial charge is 0.275 e. The van der Waals surface area contributed by atoms with E-state index >= 15 is 0 Å². The number of likely N-dealkylation sites (tertiary alicyclic amines) is 1. The summed E-state index contributed by atoms with van der Waals surface area (Å²) in [5.74, 6) is -0.0587. The molecule has 0 bridgehead atoms. The first kappa shape index (κ1) is 12.3. The van der Waals surface area contributed by atoms with Crippen LogP contribution in [0.2, 0.25) is 0 Å². The van der Waals surface area contributed by atoms with Gasteiger partial charge in [-0.25, -0.2) is 4.98 Å². The number of aliphatic hydroxyl groups excluding tert-OH is 2. The molecule has 3 atom stereocenters. The maximum atomic E-state index is 11.6. The Kier molecular flexibility index (Phi) is 3.09. The van der Waals surface area contributed by atoms with Crippen LogP contribution in [0.15, 0.2) is 17.3 Å². The lowest BCUT2D eigenvalue weighted by atomic mass is 10.1. The van der Waals surface area contributed by atoms with Crippen LogP contribution in [-0.2, 0) is 6.54 Å². The monoisotopic (exact) mass is 265 g/mol. The minimum atomic E-state index is -0.457. The number of aromatic nitrogens is 3. The number of nitrogens with zero attached hydrogens (tertiary/aromatic N) is 1. The number of nitrogens with one attached hydrogen (secondary N) is 3. The summed E-state index contributed by atoms with van der Waals surface area (Å²) in [7, 11) is 0. The van der Waals surface area contributed by atoms with Crippen LogP contribution in [0.4, 0.5) is 0 Å². The molecular weight excluding hydrogens is 248 g/mol. The zero-order valence-electron chi connectivity index (χ0n) is 10.4. The standard InChI is InChI=1S/C12H16N4O3/c17-5-8-3-16(4-9(8)18)2-7-1-13-11-10(7)14-6-15-12(11)19/h1,6,8-9,13,17-18H,2-5H2,(H,14,15,19)/p+1/t8-,9+/m1/s1. The Hall–Kier alpha value is -1.70. The van der Waals surface area contributed by atoms with Gasteiger partial charge in [-0.2, -0.15) is 0 Å². The van der Waals surface area contributed by atoms with Crippen molar-refractivity contribution in [3.63, 3.8) is 0 Å². The van der Waals surface area contributed by atoms with Gasteiger partial charge < -0.3 is 25.1 Å². The van der Waals surface area contributed by atoms with Crippen LogP contribution in [-0.4, -0.2) is 51.0 Å². The maximum Gasteiger partial charge on any atom is 0.275 e. The highest BCUT2D eigenvalue weighted by atomic mass is 16.3.